The Morgan fingerprint density at radius 3 is 1.90 bits per heavy atom. The molecule has 12 heteroatoms. The molecule has 0 aliphatic rings. The molecule has 0 spiro atoms. The highest BCUT2D eigenvalue weighted by Crippen LogP contribution is 2.15. The summed E-state index contributed by atoms with van der Waals surface area (Å²) in [5, 5.41) is 19.6. The van der Waals surface area contributed by atoms with Gasteiger partial charge in [0.05, 0.1) is 18.7 Å². The lowest BCUT2D eigenvalue weighted by Gasteiger charge is -2.26. The average molecular weight is 600 g/mol. The smallest absolute Gasteiger partial charge is 0.243 e. The van der Waals surface area contributed by atoms with Crippen LogP contribution in [0.1, 0.15) is 38.8 Å². The van der Waals surface area contributed by atoms with E-state index in [-0.39, 0.29) is 17.5 Å². The van der Waals surface area contributed by atoms with Gasteiger partial charge in [-0.1, -0.05) is 86.3 Å². The number of hydrogen-bond acceptors (Lipinski definition) is 8. The molecule has 7 N–H and O–H groups in total. The minimum atomic E-state index is -1.20. The molecule has 0 aliphatic carbocycles. The molecule has 0 unspecified atom stereocenters. The van der Waals surface area contributed by atoms with E-state index >= 15 is 0 Å². The summed E-state index contributed by atoms with van der Waals surface area (Å²) in [5.41, 5.74) is 7.34. The van der Waals surface area contributed by atoms with Crippen molar-refractivity contribution in [2.45, 2.75) is 70.1 Å². The summed E-state index contributed by atoms with van der Waals surface area (Å²) >= 11 is 1.09. The second-order valence-electron chi connectivity index (χ2n) is 10.3. The second-order valence-corrected chi connectivity index (χ2v) is 11.3. The largest absolute Gasteiger partial charge is 0.391 e. The van der Waals surface area contributed by atoms with Gasteiger partial charge in [-0.25, -0.2) is 0 Å². The number of carbonyl (C=O) groups excluding carboxylic acids is 5. The third-order valence-electron chi connectivity index (χ3n) is 6.36. The number of benzene rings is 2. The highest BCUT2D eigenvalue weighted by Gasteiger charge is 2.30. The maximum absolute atomic E-state index is 13.3. The van der Waals surface area contributed by atoms with Crippen LogP contribution < -0.4 is 27.0 Å². The first kappa shape index (κ1) is 34.5. The number of thioether (sulfide) groups is 1. The molecule has 2 aromatic carbocycles. The fraction of sp³-hybridized carbons (Fsp3) is 0.433. The Kier molecular flexibility index (Phi) is 14.2. The lowest BCUT2D eigenvalue weighted by Crippen LogP contribution is -2.58. The maximum Gasteiger partial charge on any atom is 0.243 e. The zero-order valence-corrected chi connectivity index (χ0v) is 25.1. The normalized spacial score (nSPS) is 14.5. The van der Waals surface area contributed by atoms with Crippen LogP contribution in [0.25, 0.3) is 0 Å². The molecule has 0 bridgehead atoms. The molecular weight excluding hydrogens is 558 g/mol. The van der Waals surface area contributed by atoms with Crippen LogP contribution >= 0.6 is 11.8 Å². The summed E-state index contributed by atoms with van der Waals surface area (Å²) in [5.74, 6) is -2.39. The Balaban J connectivity index is 2.07. The predicted molar refractivity (Wildman–Crippen MR) is 162 cm³/mol. The van der Waals surface area contributed by atoms with Gasteiger partial charge >= 0.3 is 0 Å². The molecule has 0 aromatic heterocycles. The summed E-state index contributed by atoms with van der Waals surface area (Å²) in [6.45, 7) is 5.94. The monoisotopic (exact) mass is 599 g/mol. The van der Waals surface area contributed by atoms with Crippen LogP contribution in [0.5, 0.6) is 0 Å². The number of nitrogens with two attached hydrogens (primary N) is 1. The van der Waals surface area contributed by atoms with Crippen LogP contribution in [-0.2, 0) is 36.1 Å². The lowest BCUT2D eigenvalue weighted by molar-refractivity contribution is -0.133. The van der Waals surface area contributed by atoms with E-state index in [1.807, 2.05) is 60.7 Å². The minimum absolute atomic E-state index is 0.155. The van der Waals surface area contributed by atoms with Crippen LogP contribution in [0.15, 0.2) is 60.7 Å². The standard InChI is InChI=1S/C30H41N5O6S/c1-18(2)26(35-24(37)16-32-28(39)25(31)20(4)36)29(40)34-23(15-21-11-7-5-8-12-21)27(38)33-19(3)30(41)42-17-22-13-9-6-10-14-22/h5-14,18-20,23,25-26,36H,15-17,31H2,1-4H3,(H,32,39)(H,33,38)(H,34,40)(H,35,37)/t19-,20+,23-,25-,26-/m0/s1. The van der Waals surface area contributed by atoms with Crippen molar-refractivity contribution in [2.24, 2.45) is 11.7 Å². The first-order chi connectivity index (χ1) is 19.9. The van der Waals surface area contributed by atoms with Crippen molar-refractivity contribution in [3.05, 3.63) is 71.8 Å². The Labute approximate surface area is 250 Å². The molecule has 228 valence electrons. The van der Waals surface area contributed by atoms with E-state index in [2.05, 4.69) is 21.3 Å². The van der Waals surface area contributed by atoms with Crippen molar-refractivity contribution >= 4 is 40.5 Å². The first-order valence-corrected chi connectivity index (χ1v) is 14.7. The number of aliphatic hydroxyl groups excluding tert-OH is 1. The Morgan fingerprint density at radius 1 is 0.786 bits per heavy atom. The molecular formula is C30H41N5O6S. The van der Waals surface area contributed by atoms with Crippen molar-refractivity contribution in [1.82, 2.24) is 21.3 Å². The molecule has 4 amide bonds. The van der Waals surface area contributed by atoms with Crippen molar-refractivity contribution in [1.29, 1.82) is 0 Å². The highest BCUT2D eigenvalue weighted by molar-refractivity contribution is 8.13. The summed E-state index contributed by atoms with van der Waals surface area (Å²) in [7, 11) is 0. The zero-order valence-electron chi connectivity index (χ0n) is 24.3. The van der Waals surface area contributed by atoms with Crippen molar-refractivity contribution in [3.8, 4) is 0 Å². The van der Waals surface area contributed by atoms with Crippen molar-refractivity contribution in [3.63, 3.8) is 0 Å². The number of aliphatic hydroxyl groups is 1. The summed E-state index contributed by atoms with van der Waals surface area (Å²) in [6.07, 6.45) is -0.946. The third-order valence-corrected chi connectivity index (χ3v) is 7.48. The van der Waals surface area contributed by atoms with Gasteiger partial charge in [0, 0.05) is 12.2 Å². The third kappa shape index (κ3) is 11.6. The van der Waals surface area contributed by atoms with Crippen LogP contribution in [-0.4, -0.2) is 70.7 Å². The van der Waals surface area contributed by atoms with Gasteiger partial charge in [-0.2, -0.15) is 0 Å². The van der Waals surface area contributed by atoms with Crippen LogP contribution in [0.4, 0.5) is 0 Å². The van der Waals surface area contributed by atoms with E-state index in [1.165, 1.54) is 6.92 Å². The van der Waals surface area contributed by atoms with E-state index in [9.17, 15) is 29.1 Å². The Morgan fingerprint density at radius 2 is 1.36 bits per heavy atom. The van der Waals surface area contributed by atoms with E-state index in [0.29, 0.717) is 5.75 Å². The molecule has 0 aliphatic heterocycles. The van der Waals surface area contributed by atoms with Gasteiger partial charge in [-0.3, -0.25) is 24.0 Å². The van der Waals surface area contributed by atoms with Crippen LogP contribution in [0.2, 0.25) is 0 Å². The fourth-order valence-electron chi connectivity index (χ4n) is 3.81. The average Bonchev–Trinajstić information content (AvgIpc) is 2.97. The quantitative estimate of drug-likeness (QED) is 0.173. The molecule has 5 atom stereocenters. The van der Waals surface area contributed by atoms with E-state index in [1.54, 1.807) is 20.8 Å². The molecule has 2 aromatic rings. The van der Waals surface area contributed by atoms with E-state index in [0.717, 1.165) is 22.9 Å². The van der Waals surface area contributed by atoms with Crippen molar-refractivity contribution in [2.75, 3.05) is 6.54 Å². The number of amides is 4. The molecule has 0 heterocycles. The first-order valence-electron chi connectivity index (χ1n) is 13.7. The van der Waals surface area contributed by atoms with Crippen LogP contribution in [0, 0.1) is 5.92 Å². The molecule has 11 nitrogen and oxygen atoms in total. The zero-order chi connectivity index (χ0) is 31.2. The number of hydrogen-bond donors (Lipinski definition) is 6. The molecule has 42 heavy (non-hydrogen) atoms. The number of rotatable bonds is 15. The second kappa shape index (κ2) is 17.3. The van der Waals surface area contributed by atoms with E-state index in [4.69, 9.17) is 5.73 Å². The molecule has 0 radical (unpaired) electrons. The predicted octanol–water partition coefficient (Wildman–Crippen LogP) is 0.644. The van der Waals surface area contributed by atoms with Gasteiger partial charge in [0.1, 0.15) is 18.1 Å². The topological polar surface area (TPSA) is 180 Å². The Hall–Kier alpha value is -3.74. The Bertz CT molecular complexity index is 1200. The highest BCUT2D eigenvalue weighted by atomic mass is 32.2. The maximum atomic E-state index is 13.3. The summed E-state index contributed by atoms with van der Waals surface area (Å²) < 4.78 is 0. The molecule has 0 saturated carbocycles. The van der Waals surface area contributed by atoms with Crippen molar-refractivity contribution < 1.29 is 29.1 Å². The van der Waals surface area contributed by atoms with Gasteiger partial charge in [-0.15, -0.1) is 0 Å². The van der Waals surface area contributed by atoms with Gasteiger partial charge in [-0.05, 0) is 30.9 Å². The molecule has 0 fully saturated rings. The van der Waals surface area contributed by atoms with Crippen LogP contribution in [0.3, 0.4) is 0 Å². The number of nitrogens with one attached hydrogen (secondary N) is 4. The summed E-state index contributed by atoms with van der Waals surface area (Å²) in [4.78, 5) is 63.9. The number of carbonyl (C=O) groups is 5. The van der Waals surface area contributed by atoms with Gasteiger partial charge in [0.15, 0.2) is 0 Å². The van der Waals surface area contributed by atoms with Gasteiger partial charge in [0.25, 0.3) is 0 Å². The SMILES string of the molecule is CC(C)[C@H](NC(=O)CNC(=O)[C@@H](N)[C@@H](C)O)C(=O)N[C@@H](Cc1ccccc1)C(=O)N[C@@H](C)C(=O)SCc1ccccc1. The van der Waals surface area contributed by atoms with Gasteiger partial charge in [0.2, 0.25) is 28.7 Å². The van der Waals surface area contributed by atoms with Gasteiger partial charge < -0.3 is 32.1 Å². The fourth-order valence-corrected chi connectivity index (χ4v) is 4.62. The molecule has 0 saturated heterocycles. The lowest BCUT2D eigenvalue weighted by atomic mass is 10.0. The van der Waals surface area contributed by atoms with E-state index < -0.39 is 60.4 Å². The summed E-state index contributed by atoms with van der Waals surface area (Å²) in [6, 6.07) is 14.5. The molecule has 2 rings (SSSR count). The minimum Gasteiger partial charge on any atom is -0.391 e.